The monoisotopic (exact) mass is 306 g/mol. The molecule has 1 atom stereocenters. The first-order chi connectivity index (χ1) is 10.6. The zero-order chi connectivity index (χ0) is 15.9. The van der Waals surface area contributed by atoms with E-state index in [4.69, 9.17) is 9.47 Å². The number of carbonyl (C=O) groups excluding carboxylic acids is 1. The molecule has 0 aromatic heterocycles. The maximum Gasteiger partial charge on any atom is 0.225 e. The summed E-state index contributed by atoms with van der Waals surface area (Å²) in [6, 6.07) is 5.37. The lowest BCUT2D eigenvalue weighted by Crippen LogP contribution is -2.36. The molecule has 122 valence electrons. The quantitative estimate of drug-likeness (QED) is 0.878. The molecule has 5 heteroatoms. The van der Waals surface area contributed by atoms with Gasteiger partial charge in [0.25, 0.3) is 0 Å². The molecule has 1 saturated heterocycles. The highest BCUT2D eigenvalue weighted by molar-refractivity contribution is 5.91. The van der Waals surface area contributed by atoms with Gasteiger partial charge in [0.15, 0.2) is 0 Å². The molecule has 1 aromatic rings. The van der Waals surface area contributed by atoms with Gasteiger partial charge in [-0.05, 0) is 25.3 Å². The second-order valence-electron chi connectivity index (χ2n) is 5.95. The standard InChI is InChI=1S/C17H26N2O3/c1-13-5-4-7-19(12-13)8-6-17(20)18-14-9-15(21-2)11-16(10-14)22-3/h9-11,13H,4-8,12H2,1-3H3,(H,18,20)/t13-/m1/s1. The van der Waals surface area contributed by atoms with Crippen LogP contribution < -0.4 is 14.8 Å². The first-order valence-corrected chi connectivity index (χ1v) is 7.86. The van der Waals surface area contributed by atoms with Gasteiger partial charge in [-0.1, -0.05) is 6.92 Å². The molecular formula is C17H26N2O3. The summed E-state index contributed by atoms with van der Waals surface area (Å²) in [5.41, 5.74) is 0.702. The smallest absolute Gasteiger partial charge is 0.225 e. The van der Waals surface area contributed by atoms with Crippen molar-refractivity contribution in [3.8, 4) is 11.5 Å². The fraction of sp³-hybridized carbons (Fsp3) is 0.588. The number of amides is 1. The molecule has 0 spiro atoms. The topological polar surface area (TPSA) is 50.8 Å². The van der Waals surface area contributed by atoms with Crippen LogP contribution in [0.15, 0.2) is 18.2 Å². The number of methoxy groups -OCH3 is 2. The van der Waals surface area contributed by atoms with Crippen molar-refractivity contribution < 1.29 is 14.3 Å². The van der Waals surface area contributed by atoms with Gasteiger partial charge >= 0.3 is 0 Å². The summed E-state index contributed by atoms with van der Waals surface area (Å²) in [4.78, 5) is 14.5. The van der Waals surface area contributed by atoms with Crippen molar-refractivity contribution in [1.29, 1.82) is 0 Å². The van der Waals surface area contributed by atoms with Gasteiger partial charge in [0.1, 0.15) is 11.5 Å². The Balaban J connectivity index is 1.86. The summed E-state index contributed by atoms with van der Waals surface area (Å²) in [5, 5.41) is 2.92. The van der Waals surface area contributed by atoms with Crippen molar-refractivity contribution in [3.05, 3.63) is 18.2 Å². The van der Waals surface area contributed by atoms with Gasteiger partial charge in [-0.15, -0.1) is 0 Å². The SMILES string of the molecule is COc1cc(NC(=O)CCN2CCC[C@@H](C)C2)cc(OC)c1. The molecule has 0 saturated carbocycles. The minimum atomic E-state index is 0.0218. The van der Waals surface area contributed by atoms with E-state index in [2.05, 4.69) is 17.1 Å². The molecule has 2 rings (SSSR count). The Morgan fingerprint density at radius 3 is 2.55 bits per heavy atom. The van der Waals surface area contributed by atoms with E-state index in [-0.39, 0.29) is 5.91 Å². The van der Waals surface area contributed by atoms with Crippen LogP contribution in [-0.2, 0) is 4.79 Å². The van der Waals surface area contributed by atoms with E-state index in [1.54, 1.807) is 32.4 Å². The maximum atomic E-state index is 12.1. The van der Waals surface area contributed by atoms with Gasteiger partial charge in [-0.2, -0.15) is 0 Å². The van der Waals surface area contributed by atoms with Crippen molar-refractivity contribution in [2.24, 2.45) is 5.92 Å². The van der Waals surface area contributed by atoms with E-state index in [0.29, 0.717) is 23.6 Å². The third-order valence-electron chi connectivity index (χ3n) is 4.03. The number of anilines is 1. The van der Waals surface area contributed by atoms with E-state index >= 15 is 0 Å². The molecule has 1 aliphatic heterocycles. The largest absolute Gasteiger partial charge is 0.497 e. The summed E-state index contributed by atoms with van der Waals surface area (Å²) in [6.07, 6.45) is 3.04. The molecule has 0 bridgehead atoms. The van der Waals surface area contributed by atoms with Crippen LogP contribution in [0.1, 0.15) is 26.2 Å². The van der Waals surface area contributed by atoms with E-state index in [9.17, 15) is 4.79 Å². The Labute approximate surface area is 132 Å². The fourth-order valence-electron chi connectivity index (χ4n) is 2.85. The van der Waals surface area contributed by atoms with Crippen LogP contribution in [0.2, 0.25) is 0 Å². The highest BCUT2D eigenvalue weighted by Crippen LogP contribution is 2.25. The first-order valence-electron chi connectivity index (χ1n) is 7.86. The number of benzene rings is 1. The number of likely N-dealkylation sites (tertiary alicyclic amines) is 1. The molecule has 0 radical (unpaired) electrons. The third-order valence-corrected chi connectivity index (χ3v) is 4.03. The van der Waals surface area contributed by atoms with Gasteiger partial charge in [-0.3, -0.25) is 4.79 Å². The van der Waals surface area contributed by atoms with Crippen LogP contribution >= 0.6 is 0 Å². The predicted molar refractivity (Wildman–Crippen MR) is 87.6 cm³/mol. The molecular weight excluding hydrogens is 280 g/mol. The molecule has 1 aromatic carbocycles. The van der Waals surface area contributed by atoms with E-state index in [1.807, 2.05) is 0 Å². The number of hydrogen-bond acceptors (Lipinski definition) is 4. The van der Waals surface area contributed by atoms with Gasteiger partial charge in [-0.25, -0.2) is 0 Å². The lowest BCUT2D eigenvalue weighted by atomic mass is 10.0. The van der Waals surface area contributed by atoms with Crippen LogP contribution in [0.3, 0.4) is 0 Å². The van der Waals surface area contributed by atoms with Crippen LogP contribution in [0.5, 0.6) is 11.5 Å². The number of nitrogens with zero attached hydrogens (tertiary/aromatic N) is 1. The Kier molecular flexibility index (Phi) is 6.07. The minimum absolute atomic E-state index is 0.0218. The average molecular weight is 306 g/mol. The number of nitrogens with one attached hydrogen (secondary N) is 1. The van der Waals surface area contributed by atoms with Gasteiger partial charge < -0.3 is 19.7 Å². The molecule has 22 heavy (non-hydrogen) atoms. The molecule has 1 N–H and O–H groups in total. The molecule has 1 amide bonds. The average Bonchev–Trinajstić information content (AvgIpc) is 2.52. The number of piperidine rings is 1. The maximum absolute atomic E-state index is 12.1. The Morgan fingerprint density at radius 2 is 1.95 bits per heavy atom. The summed E-state index contributed by atoms with van der Waals surface area (Å²) < 4.78 is 10.4. The summed E-state index contributed by atoms with van der Waals surface area (Å²) >= 11 is 0. The minimum Gasteiger partial charge on any atom is -0.497 e. The van der Waals surface area contributed by atoms with Crippen molar-refractivity contribution in [1.82, 2.24) is 4.90 Å². The summed E-state index contributed by atoms with van der Waals surface area (Å²) in [6.45, 7) is 5.29. The molecule has 5 nitrogen and oxygen atoms in total. The highest BCUT2D eigenvalue weighted by Gasteiger charge is 2.17. The number of hydrogen-bond donors (Lipinski definition) is 1. The van der Waals surface area contributed by atoms with Crippen molar-refractivity contribution >= 4 is 11.6 Å². The van der Waals surface area contributed by atoms with Crippen LogP contribution in [0, 0.1) is 5.92 Å². The fourth-order valence-corrected chi connectivity index (χ4v) is 2.85. The van der Waals surface area contributed by atoms with Crippen molar-refractivity contribution in [2.75, 3.05) is 39.2 Å². The number of carbonyl (C=O) groups is 1. The third kappa shape index (κ3) is 4.91. The normalized spacial score (nSPS) is 18.8. The zero-order valence-electron chi connectivity index (χ0n) is 13.7. The lowest BCUT2D eigenvalue weighted by Gasteiger charge is -2.30. The first kappa shape index (κ1) is 16.6. The van der Waals surface area contributed by atoms with E-state index in [0.717, 1.165) is 25.6 Å². The van der Waals surface area contributed by atoms with Gasteiger partial charge in [0, 0.05) is 43.4 Å². The predicted octanol–water partition coefficient (Wildman–Crippen LogP) is 2.76. The molecule has 0 aliphatic carbocycles. The van der Waals surface area contributed by atoms with E-state index < -0.39 is 0 Å². The molecule has 1 heterocycles. The lowest BCUT2D eigenvalue weighted by molar-refractivity contribution is -0.116. The Hall–Kier alpha value is -1.75. The van der Waals surface area contributed by atoms with Crippen molar-refractivity contribution in [3.63, 3.8) is 0 Å². The number of ether oxygens (including phenoxy) is 2. The Morgan fingerprint density at radius 1 is 1.27 bits per heavy atom. The second-order valence-corrected chi connectivity index (χ2v) is 5.95. The zero-order valence-corrected chi connectivity index (χ0v) is 13.7. The van der Waals surface area contributed by atoms with Crippen LogP contribution in [-0.4, -0.2) is 44.7 Å². The molecule has 1 fully saturated rings. The van der Waals surface area contributed by atoms with Crippen molar-refractivity contribution in [2.45, 2.75) is 26.2 Å². The second kappa shape index (κ2) is 8.03. The van der Waals surface area contributed by atoms with E-state index in [1.165, 1.54) is 12.8 Å². The van der Waals surface area contributed by atoms with Gasteiger partial charge in [0.2, 0.25) is 5.91 Å². The van der Waals surface area contributed by atoms with Gasteiger partial charge in [0.05, 0.1) is 14.2 Å². The highest BCUT2D eigenvalue weighted by atomic mass is 16.5. The Bertz CT molecular complexity index is 482. The van der Waals surface area contributed by atoms with Crippen LogP contribution in [0.25, 0.3) is 0 Å². The van der Waals surface area contributed by atoms with Crippen LogP contribution in [0.4, 0.5) is 5.69 Å². The molecule has 0 unspecified atom stereocenters. The molecule has 1 aliphatic rings. The number of rotatable bonds is 6. The summed E-state index contributed by atoms with van der Waals surface area (Å²) in [7, 11) is 3.19. The summed E-state index contributed by atoms with van der Waals surface area (Å²) in [5.74, 6) is 2.09.